The second kappa shape index (κ2) is 5.78. The summed E-state index contributed by atoms with van der Waals surface area (Å²) in [5, 5.41) is 12.2. The van der Waals surface area contributed by atoms with Crippen molar-refractivity contribution in [1.82, 2.24) is 9.19 Å². The molecule has 0 aliphatic rings. The van der Waals surface area contributed by atoms with Gasteiger partial charge in [-0.2, -0.15) is 8.42 Å². The number of carbonyl (C=O) groups is 1. The Hall–Kier alpha value is -2.39. The minimum Gasteiger partial charge on any atom is -0.495 e. The van der Waals surface area contributed by atoms with E-state index >= 15 is 0 Å². The lowest BCUT2D eigenvalue weighted by atomic mass is 10.2. The quantitative estimate of drug-likeness (QED) is 0.873. The molecule has 1 N–H and O–H groups in total. The molecule has 0 radical (unpaired) electrons. The normalized spacial score (nSPS) is 11.2. The molecule has 0 saturated carbocycles. The zero-order valence-corrected chi connectivity index (χ0v) is 12.6. The van der Waals surface area contributed by atoms with Crippen molar-refractivity contribution < 1.29 is 23.1 Å². The molecule has 0 fully saturated rings. The van der Waals surface area contributed by atoms with Gasteiger partial charge in [0.05, 0.1) is 12.7 Å². The first-order valence-electron chi connectivity index (χ1n) is 5.70. The average molecular weight is 345 g/mol. The van der Waals surface area contributed by atoms with E-state index in [0.717, 1.165) is 18.2 Å². The summed E-state index contributed by atoms with van der Waals surface area (Å²) >= 11 is 5.61. The summed E-state index contributed by atoms with van der Waals surface area (Å²) in [5.41, 5.74) is -1.22. The topological polar surface area (TPSA) is 116 Å². The van der Waals surface area contributed by atoms with Crippen molar-refractivity contribution in [3.8, 4) is 5.75 Å². The van der Waals surface area contributed by atoms with Gasteiger partial charge in [-0.05, 0) is 24.3 Å². The van der Waals surface area contributed by atoms with E-state index in [9.17, 15) is 18.0 Å². The van der Waals surface area contributed by atoms with Gasteiger partial charge >= 0.3 is 5.97 Å². The number of hydrogen-bond donors (Lipinski definition) is 1. The maximum atomic E-state index is 12.5. The molecule has 10 heteroatoms. The van der Waals surface area contributed by atoms with Crippen LogP contribution in [-0.4, -0.2) is 35.8 Å². The van der Waals surface area contributed by atoms with Crippen molar-refractivity contribution in [3.05, 3.63) is 51.4 Å². The lowest BCUT2D eigenvalue weighted by molar-refractivity contribution is 0.0696. The number of nitrogens with zero attached hydrogens (tertiary/aromatic N) is 2. The molecule has 2 aromatic rings. The second-order valence-corrected chi connectivity index (χ2v) is 6.14. The van der Waals surface area contributed by atoms with Crippen LogP contribution in [0.15, 0.2) is 40.0 Å². The molecule has 1 aromatic carbocycles. The number of carboxylic acids is 1. The monoisotopic (exact) mass is 344 g/mol. The number of benzene rings is 1. The van der Waals surface area contributed by atoms with Gasteiger partial charge in [0, 0.05) is 6.07 Å². The van der Waals surface area contributed by atoms with E-state index in [1.165, 1.54) is 19.2 Å². The minimum absolute atomic E-state index is 0.126. The van der Waals surface area contributed by atoms with Gasteiger partial charge in [-0.1, -0.05) is 11.6 Å². The number of carboxylic acid groups (broad SMARTS) is 1. The van der Waals surface area contributed by atoms with Crippen LogP contribution in [-0.2, 0) is 10.0 Å². The summed E-state index contributed by atoms with van der Waals surface area (Å²) < 4.78 is 30.1. The smallest absolute Gasteiger partial charge is 0.335 e. The Labute approximate surface area is 129 Å². The van der Waals surface area contributed by atoms with E-state index in [1.807, 2.05) is 0 Å². The maximum absolute atomic E-state index is 12.5. The molecule has 8 nitrogen and oxygen atoms in total. The number of aromatic carboxylic acids is 1. The van der Waals surface area contributed by atoms with Gasteiger partial charge in [-0.15, -0.1) is 9.19 Å². The van der Waals surface area contributed by atoms with Crippen LogP contribution in [0.3, 0.4) is 0 Å². The summed E-state index contributed by atoms with van der Waals surface area (Å²) in [5.74, 6) is -1.45. The third-order valence-electron chi connectivity index (χ3n) is 2.65. The maximum Gasteiger partial charge on any atom is 0.335 e. The lowest BCUT2D eigenvalue weighted by Crippen LogP contribution is -2.29. The van der Waals surface area contributed by atoms with Crippen molar-refractivity contribution in [2.24, 2.45) is 0 Å². The highest BCUT2D eigenvalue weighted by Crippen LogP contribution is 2.26. The first-order chi connectivity index (χ1) is 10.3. The van der Waals surface area contributed by atoms with Crippen LogP contribution >= 0.6 is 11.6 Å². The first-order valence-corrected chi connectivity index (χ1v) is 7.52. The SMILES string of the molecule is COc1ccc(C(=O)O)cc1S(=O)(=O)n1nc(Cl)ccc1=O. The van der Waals surface area contributed by atoms with Crippen molar-refractivity contribution >= 4 is 27.6 Å². The van der Waals surface area contributed by atoms with E-state index in [2.05, 4.69) is 5.10 Å². The van der Waals surface area contributed by atoms with Crippen LogP contribution in [0.1, 0.15) is 10.4 Å². The van der Waals surface area contributed by atoms with E-state index in [-0.39, 0.29) is 20.6 Å². The number of hydrogen-bond acceptors (Lipinski definition) is 6. The number of aromatic nitrogens is 2. The zero-order valence-electron chi connectivity index (χ0n) is 11.1. The third kappa shape index (κ3) is 2.81. The molecule has 1 aromatic heterocycles. The van der Waals surface area contributed by atoms with Crippen molar-refractivity contribution in [1.29, 1.82) is 0 Å². The molecule has 0 aliphatic heterocycles. The predicted octanol–water partition coefficient (Wildman–Crippen LogP) is 0.840. The van der Waals surface area contributed by atoms with E-state index in [0.29, 0.717) is 0 Å². The number of ether oxygens (including phenoxy) is 1. The molecule has 22 heavy (non-hydrogen) atoms. The van der Waals surface area contributed by atoms with Crippen molar-refractivity contribution in [3.63, 3.8) is 0 Å². The highest BCUT2D eigenvalue weighted by atomic mass is 35.5. The standard InChI is InChI=1S/C12H9ClN2O6S/c1-21-8-3-2-7(12(17)18)6-9(8)22(19,20)15-11(16)5-4-10(13)14-15/h2-6H,1H3,(H,17,18). The van der Waals surface area contributed by atoms with E-state index in [4.69, 9.17) is 21.4 Å². The molecule has 116 valence electrons. The molecular formula is C12H9ClN2O6S. The fourth-order valence-electron chi connectivity index (χ4n) is 1.65. The number of rotatable bonds is 4. The summed E-state index contributed by atoms with van der Waals surface area (Å²) in [6, 6.07) is 5.30. The van der Waals surface area contributed by atoms with Gasteiger partial charge in [0.2, 0.25) is 0 Å². The highest BCUT2D eigenvalue weighted by Gasteiger charge is 2.26. The van der Waals surface area contributed by atoms with Crippen LogP contribution in [0.5, 0.6) is 5.75 Å². The van der Waals surface area contributed by atoms with Gasteiger partial charge in [0.15, 0.2) is 5.15 Å². The average Bonchev–Trinajstić information content (AvgIpc) is 2.48. The minimum atomic E-state index is -4.47. The molecule has 0 spiro atoms. The molecule has 0 bridgehead atoms. The van der Waals surface area contributed by atoms with Crippen LogP contribution < -0.4 is 10.3 Å². The Morgan fingerprint density at radius 2 is 2.00 bits per heavy atom. The molecule has 0 amide bonds. The van der Waals surface area contributed by atoms with Crippen LogP contribution in [0.4, 0.5) is 0 Å². The molecule has 1 heterocycles. The van der Waals surface area contributed by atoms with E-state index in [1.54, 1.807) is 0 Å². The lowest BCUT2D eigenvalue weighted by Gasteiger charge is -2.11. The summed E-state index contributed by atoms with van der Waals surface area (Å²) in [7, 11) is -3.26. The largest absolute Gasteiger partial charge is 0.495 e. The van der Waals surface area contributed by atoms with E-state index < -0.39 is 26.4 Å². The van der Waals surface area contributed by atoms with Crippen LogP contribution in [0.2, 0.25) is 5.15 Å². The molecule has 0 aliphatic carbocycles. The zero-order chi connectivity index (χ0) is 16.5. The third-order valence-corrected chi connectivity index (χ3v) is 4.45. The summed E-state index contributed by atoms with van der Waals surface area (Å²) in [6.07, 6.45) is 0. The molecule has 0 unspecified atom stereocenters. The molecule has 0 saturated heterocycles. The van der Waals surface area contributed by atoms with Crippen molar-refractivity contribution in [2.45, 2.75) is 4.90 Å². The second-order valence-electron chi connectivity index (χ2n) is 4.01. The van der Waals surface area contributed by atoms with Crippen molar-refractivity contribution in [2.75, 3.05) is 7.11 Å². The van der Waals surface area contributed by atoms with Crippen LogP contribution in [0.25, 0.3) is 0 Å². The Kier molecular flexibility index (Phi) is 4.20. The summed E-state index contributed by atoms with van der Waals surface area (Å²) in [4.78, 5) is 22.2. The Morgan fingerprint density at radius 1 is 1.32 bits per heavy atom. The van der Waals surface area contributed by atoms with Gasteiger partial charge < -0.3 is 9.84 Å². The van der Waals surface area contributed by atoms with Gasteiger partial charge in [0.1, 0.15) is 10.6 Å². The van der Waals surface area contributed by atoms with Gasteiger partial charge in [-0.3, -0.25) is 4.79 Å². The molecule has 0 atom stereocenters. The summed E-state index contributed by atoms with van der Waals surface area (Å²) in [6.45, 7) is 0. The molecular weight excluding hydrogens is 336 g/mol. The Bertz CT molecular complexity index is 906. The highest BCUT2D eigenvalue weighted by molar-refractivity contribution is 7.90. The Morgan fingerprint density at radius 3 is 2.59 bits per heavy atom. The molecule has 2 rings (SSSR count). The van der Waals surface area contributed by atoms with Crippen LogP contribution in [0, 0.1) is 0 Å². The Balaban J connectivity index is 2.78. The van der Waals surface area contributed by atoms with Gasteiger partial charge in [0.25, 0.3) is 15.6 Å². The first kappa shape index (κ1) is 16.0. The number of halogens is 1. The predicted molar refractivity (Wildman–Crippen MR) is 76.0 cm³/mol. The fourth-order valence-corrected chi connectivity index (χ4v) is 3.19. The van der Waals surface area contributed by atoms with Gasteiger partial charge in [-0.25, -0.2) is 4.79 Å². The fraction of sp³-hybridized carbons (Fsp3) is 0.0833. The number of methoxy groups -OCH3 is 1.